The van der Waals surface area contributed by atoms with E-state index >= 15 is 0 Å². The number of nitrogens with zero attached hydrogens (tertiary/aromatic N) is 5. The van der Waals surface area contributed by atoms with Gasteiger partial charge < -0.3 is 0 Å². The summed E-state index contributed by atoms with van der Waals surface area (Å²) in [6.07, 6.45) is 4.49. The first-order valence-corrected chi connectivity index (χ1v) is 14.0. The van der Waals surface area contributed by atoms with Crippen LogP contribution in [0.1, 0.15) is 12.8 Å². The topological polar surface area (TPSA) is 88.4 Å². The number of carbonyl (C=O) groups is 1. The number of benzene rings is 2. The fourth-order valence-electron chi connectivity index (χ4n) is 4.15. The highest BCUT2D eigenvalue weighted by molar-refractivity contribution is 7.89. The molecule has 8 nitrogen and oxygen atoms in total. The molecule has 0 spiro atoms. The maximum Gasteiger partial charge on any atom is 0.247 e. The average Bonchev–Trinajstić information content (AvgIpc) is 3.60. The van der Waals surface area contributed by atoms with Crippen molar-refractivity contribution in [3.05, 3.63) is 71.0 Å². The minimum atomic E-state index is -3.88. The standard InChI is InChI=1S/C23H21Cl2N5O3S2/c24-16-7-9-17(10-8-16)35(32,33)30-13-2-5-19(30)22(31)29(15-14-28-12-3-11-26-28)23-27-21-18(25)4-1-6-20(21)34-23/h1,3-4,6-12,19H,2,5,13-15H2. The van der Waals surface area contributed by atoms with Gasteiger partial charge in [-0.1, -0.05) is 40.6 Å². The molecule has 2 aromatic heterocycles. The molecule has 0 saturated carbocycles. The van der Waals surface area contributed by atoms with Crippen molar-refractivity contribution in [1.82, 2.24) is 19.1 Å². The van der Waals surface area contributed by atoms with Gasteiger partial charge in [-0.15, -0.1) is 0 Å². The Labute approximate surface area is 216 Å². The summed E-state index contributed by atoms with van der Waals surface area (Å²) < 4.78 is 30.7. The van der Waals surface area contributed by atoms with E-state index in [1.807, 2.05) is 18.3 Å². The zero-order chi connectivity index (χ0) is 24.6. The third kappa shape index (κ3) is 4.81. The lowest BCUT2D eigenvalue weighted by atomic mass is 10.2. The first-order valence-electron chi connectivity index (χ1n) is 11.0. The van der Waals surface area contributed by atoms with Gasteiger partial charge in [0.15, 0.2) is 5.13 Å². The van der Waals surface area contributed by atoms with Gasteiger partial charge >= 0.3 is 0 Å². The molecule has 5 rings (SSSR count). The lowest BCUT2D eigenvalue weighted by molar-refractivity contribution is -0.121. The highest BCUT2D eigenvalue weighted by atomic mass is 35.5. The summed E-state index contributed by atoms with van der Waals surface area (Å²) >= 11 is 13.6. The quantitative estimate of drug-likeness (QED) is 0.333. The van der Waals surface area contributed by atoms with Crippen LogP contribution in [0.25, 0.3) is 10.2 Å². The summed E-state index contributed by atoms with van der Waals surface area (Å²) in [4.78, 5) is 20.2. The molecule has 0 bridgehead atoms. The zero-order valence-corrected chi connectivity index (χ0v) is 21.6. The molecule has 1 atom stereocenters. The molecule has 3 heterocycles. The van der Waals surface area contributed by atoms with Gasteiger partial charge in [-0.3, -0.25) is 14.4 Å². The van der Waals surface area contributed by atoms with Gasteiger partial charge in [0, 0.05) is 30.5 Å². The summed E-state index contributed by atoms with van der Waals surface area (Å²) in [6.45, 7) is 0.975. The Morgan fingerprint density at radius 1 is 1.14 bits per heavy atom. The maximum atomic E-state index is 13.9. The number of aromatic nitrogens is 3. The SMILES string of the molecule is O=C(C1CCCN1S(=O)(=O)c1ccc(Cl)cc1)N(CCn1cccn1)c1nc2c(Cl)cccc2s1. The fourth-order valence-corrected chi connectivity index (χ4v) is 7.22. The van der Waals surface area contributed by atoms with Crippen LogP contribution in [-0.2, 0) is 21.4 Å². The molecule has 35 heavy (non-hydrogen) atoms. The Balaban J connectivity index is 1.49. The molecule has 0 radical (unpaired) electrons. The third-order valence-electron chi connectivity index (χ3n) is 5.88. The first-order chi connectivity index (χ1) is 16.8. The molecule has 12 heteroatoms. The number of fused-ring (bicyclic) bond motifs is 1. The Bertz CT molecular complexity index is 1460. The minimum Gasteiger partial charge on any atom is -0.285 e. The van der Waals surface area contributed by atoms with E-state index in [0.29, 0.717) is 40.1 Å². The Morgan fingerprint density at radius 2 is 1.94 bits per heavy atom. The van der Waals surface area contributed by atoms with Crippen molar-refractivity contribution < 1.29 is 13.2 Å². The van der Waals surface area contributed by atoms with Crippen LogP contribution < -0.4 is 4.90 Å². The predicted octanol–water partition coefficient (Wildman–Crippen LogP) is 4.69. The molecule has 1 fully saturated rings. The largest absolute Gasteiger partial charge is 0.285 e. The van der Waals surface area contributed by atoms with E-state index in [0.717, 1.165) is 4.70 Å². The monoisotopic (exact) mass is 549 g/mol. The van der Waals surface area contributed by atoms with Crippen molar-refractivity contribution in [2.45, 2.75) is 30.3 Å². The normalized spacial score (nSPS) is 16.7. The Morgan fingerprint density at radius 3 is 2.66 bits per heavy atom. The van der Waals surface area contributed by atoms with Gasteiger partial charge in [0.2, 0.25) is 15.9 Å². The molecule has 182 valence electrons. The maximum absolute atomic E-state index is 13.9. The highest BCUT2D eigenvalue weighted by Gasteiger charge is 2.42. The average molecular weight is 550 g/mol. The minimum absolute atomic E-state index is 0.108. The molecule has 1 saturated heterocycles. The second-order valence-electron chi connectivity index (χ2n) is 8.07. The molecular formula is C23H21Cl2N5O3S2. The number of para-hydroxylation sites is 1. The Hall–Kier alpha value is -2.50. The van der Waals surface area contributed by atoms with Crippen molar-refractivity contribution >= 4 is 65.8 Å². The smallest absolute Gasteiger partial charge is 0.247 e. The van der Waals surface area contributed by atoms with E-state index in [1.165, 1.54) is 39.9 Å². The van der Waals surface area contributed by atoms with E-state index in [2.05, 4.69) is 10.1 Å². The number of amides is 1. The summed E-state index contributed by atoms with van der Waals surface area (Å²) in [6, 6.07) is 12.4. The molecule has 1 aliphatic heterocycles. The number of sulfonamides is 1. The number of hydrogen-bond donors (Lipinski definition) is 0. The number of anilines is 1. The van der Waals surface area contributed by atoms with E-state index in [-0.39, 0.29) is 23.9 Å². The molecular weight excluding hydrogens is 529 g/mol. The predicted molar refractivity (Wildman–Crippen MR) is 138 cm³/mol. The van der Waals surface area contributed by atoms with Crippen molar-refractivity contribution in [2.24, 2.45) is 0 Å². The van der Waals surface area contributed by atoms with Gasteiger partial charge in [0.1, 0.15) is 11.6 Å². The van der Waals surface area contributed by atoms with Crippen LogP contribution in [0, 0.1) is 0 Å². The van der Waals surface area contributed by atoms with Crippen molar-refractivity contribution in [1.29, 1.82) is 0 Å². The van der Waals surface area contributed by atoms with Crippen LogP contribution in [0.3, 0.4) is 0 Å². The summed E-state index contributed by atoms with van der Waals surface area (Å²) in [5, 5.41) is 5.63. The molecule has 2 aromatic carbocycles. The molecule has 1 unspecified atom stereocenters. The fraction of sp³-hybridized carbons (Fsp3) is 0.261. The van der Waals surface area contributed by atoms with E-state index in [4.69, 9.17) is 23.2 Å². The summed E-state index contributed by atoms with van der Waals surface area (Å²) in [5.41, 5.74) is 0.614. The van der Waals surface area contributed by atoms with Crippen LogP contribution in [0.15, 0.2) is 65.8 Å². The van der Waals surface area contributed by atoms with Gasteiger partial charge in [-0.25, -0.2) is 13.4 Å². The van der Waals surface area contributed by atoms with Crippen molar-refractivity contribution in [3.63, 3.8) is 0 Å². The number of thiazole rings is 1. The van der Waals surface area contributed by atoms with E-state index in [1.54, 1.807) is 27.9 Å². The van der Waals surface area contributed by atoms with Crippen LogP contribution in [-0.4, -0.2) is 52.5 Å². The molecule has 0 N–H and O–H groups in total. The van der Waals surface area contributed by atoms with Gasteiger partial charge in [-0.05, 0) is 55.3 Å². The second-order valence-corrected chi connectivity index (χ2v) is 11.8. The zero-order valence-electron chi connectivity index (χ0n) is 18.4. The lowest BCUT2D eigenvalue weighted by Crippen LogP contribution is -2.48. The van der Waals surface area contributed by atoms with Crippen molar-refractivity contribution in [3.8, 4) is 0 Å². The van der Waals surface area contributed by atoms with E-state index < -0.39 is 16.1 Å². The van der Waals surface area contributed by atoms with Crippen LogP contribution in [0.5, 0.6) is 0 Å². The number of hydrogen-bond acceptors (Lipinski definition) is 6. The summed E-state index contributed by atoms with van der Waals surface area (Å²) in [5.74, 6) is -0.317. The number of carbonyl (C=O) groups excluding carboxylic acids is 1. The summed E-state index contributed by atoms with van der Waals surface area (Å²) in [7, 11) is -3.88. The van der Waals surface area contributed by atoms with Crippen LogP contribution in [0.2, 0.25) is 10.0 Å². The van der Waals surface area contributed by atoms with Crippen LogP contribution in [0.4, 0.5) is 5.13 Å². The molecule has 0 aliphatic carbocycles. The van der Waals surface area contributed by atoms with Crippen LogP contribution >= 0.6 is 34.5 Å². The number of halogens is 2. The first kappa shape index (κ1) is 24.2. The van der Waals surface area contributed by atoms with Gasteiger partial charge in [-0.2, -0.15) is 9.40 Å². The molecule has 4 aromatic rings. The number of rotatable bonds is 7. The second kappa shape index (κ2) is 9.87. The highest BCUT2D eigenvalue weighted by Crippen LogP contribution is 2.35. The van der Waals surface area contributed by atoms with Gasteiger partial charge in [0.05, 0.1) is 21.2 Å². The van der Waals surface area contributed by atoms with Gasteiger partial charge in [0.25, 0.3) is 0 Å². The Kier molecular flexibility index (Phi) is 6.82. The van der Waals surface area contributed by atoms with Crippen molar-refractivity contribution in [2.75, 3.05) is 18.0 Å². The lowest BCUT2D eigenvalue weighted by Gasteiger charge is -2.28. The molecule has 1 aliphatic rings. The third-order valence-corrected chi connectivity index (χ3v) is 9.40. The van der Waals surface area contributed by atoms with E-state index in [9.17, 15) is 13.2 Å². The molecule has 1 amide bonds.